The molecular weight excluding hydrogens is 218 g/mol. The van der Waals surface area contributed by atoms with Crippen LogP contribution in [0.5, 0.6) is 0 Å². The summed E-state index contributed by atoms with van der Waals surface area (Å²) < 4.78 is 0. The molecule has 0 bridgehead atoms. The van der Waals surface area contributed by atoms with Gasteiger partial charge in [-0.05, 0) is 12.0 Å². The van der Waals surface area contributed by atoms with Gasteiger partial charge in [-0.15, -0.1) is 0 Å². The SMILES string of the molecule is O=C(CCCO)N(CCO)Cc1ccccc1. The smallest absolute Gasteiger partial charge is 0.223 e. The fourth-order valence-electron chi connectivity index (χ4n) is 1.60. The van der Waals surface area contributed by atoms with Gasteiger partial charge in [-0.1, -0.05) is 30.3 Å². The number of aliphatic hydroxyl groups is 2. The minimum absolute atomic E-state index is 0.0179. The monoisotopic (exact) mass is 237 g/mol. The van der Waals surface area contributed by atoms with E-state index in [1.54, 1.807) is 4.90 Å². The molecule has 0 atom stereocenters. The van der Waals surface area contributed by atoms with Crippen molar-refractivity contribution in [3.63, 3.8) is 0 Å². The number of amides is 1. The van der Waals surface area contributed by atoms with Crippen LogP contribution in [0.4, 0.5) is 0 Å². The van der Waals surface area contributed by atoms with Gasteiger partial charge in [-0.25, -0.2) is 0 Å². The van der Waals surface area contributed by atoms with E-state index in [1.165, 1.54) is 0 Å². The van der Waals surface area contributed by atoms with Gasteiger partial charge >= 0.3 is 0 Å². The first-order valence-corrected chi connectivity index (χ1v) is 5.81. The van der Waals surface area contributed by atoms with Crippen molar-refractivity contribution in [3.05, 3.63) is 35.9 Å². The van der Waals surface area contributed by atoms with Crippen LogP contribution >= 0.6 is 0 Å². The highest BCUT2D eigenvalue weighted by Crippen LogP contribution is 2.06. The molecule has 17 heavy (non-hydrogen) atoms. The predicted molar refractivity (Wildman–Crippen MR) is 65.3 cm³/mol. The molecule has 0 aromatic heterocycles. The Morgan fingerprint density at radius 1 is 1.12 bits per heavy atom. The number of carbonyl (C=O) groups is 1. The Hall–Kier alpha value is -1.39. The zero-order valence-electron chi connectivity index (χ0n) is 9.88. The molecule has 0 saturated carbocycles. The van der Waals surface area contributed by atoms with E-state index in [9.17, 15) is 4.79 Å². The molecule has 0 aliphatic rings. The fourth-order valence-corrected chi connectivity index (χ4v) is 1.60. The first-order valence-electron chi connectivity index (χ1n) is 5.81. The molecular formula is C13H19NO3. The molecule has 4 nitrogen and oxygen atoms in total. The van der Waals surface area contributed by atoms with Crippen LogP contribution in [0.1, 0.15) is 18.4 Å². The molecule has 0 unspecified atom stereocenters. The number of hydrogen-bond donors (Lipinski definition) is 2. The maximum Gasteiger partial charge on any atom is 0.223 e. The Bertz CT molecular complexity index is 327. The zero-order valence-corrected chi connectivity index (χ0v) is 9.88. The number of nitrogens with zero attached hydrogens (tertiary/aromatic N) is 1. The highest BCUT2D eigenvalue weighted by atomic mass is 16.3. The minimum atomic E-state index is -0.0439. The van der Waals surface area contributed by atoms with Crippen molar-refractivity contribution in [2.75, 3.05) is 19.8 Å². The van der Waals surface area contributed by atoms with E-state index in [4.69, 9.17) is 10.2 Å². The highest BCUT2D eigenvalue weighted by Gasteiger charge is 2.12. The lowest BCUT2D eigenvalue weighted by Gasteiger charge is -2.21. The van der Waals surface area contributed by atoms with Gasteiger partial charge in [0.05, 0.1) is 6.61 Å². The van der Waals surface area contributed by atoms with Crippen LogP contribution in [0.25, 0.3) is 0 Å². The van der Waals surface area contributed by atoms with E-state index >= 15 is 0 Å². The van der Waals surface area contributed by atoms with Crippen molar-refractivity contribution < 1.29 is 15.0 Å². The molecule has 1 aromatic carbocycles. The zero-order chi connectivity index (χ0) is 12.5. The van der Waals surface area contributed by atoms with Crippen LogP contribution < -0.4 is 0 Å². The molecule has 0 spiro atoms. The topological polar surface area (TPSA) is 60.8 Å². The summed E-state index contributed by atoms with van der Waals surface area (Å²) >= 11 is 0. The molecule has 0 fully saturated rings. The highest BCUT2D eigenvalue weighted by molar-refractivity contribution is 5.76. The number of rotatable bonds is 7. The average Bonchev–Trinajstić information content (AvgIpc) is 2.36. The quantitative estimate of drug-likeness (QED) is 0.736. The summed E-state index contributed by atoms with van der Waals surface area (Å²) in [5.41, 5.74) is 1.04. The van der Waals surface area contributed by atoms with E-state index in [1.807, 2.05) is 30.3 Å². The largest absolute Gasteiger partial charge is 0.396 e. The van der Waals surface area contributed by atoms with Crippen molar-refractivity contribution in [1.82, 2.24) is 4.90 Å². The van der Waals surface area contributed by atoms with Gasteiger partial charge < -0.3 is 15.1 Å². The fraction of sp³-hybridized carbons (Fsp3) is 0.462. The third kappa shape index (κ3) is 4.97. The summed E-state index contributed by atoms with van der Waals surface area (Å²) in [6.45, 7) is 0.812. The Kier molecular flexibility index (Phi) is 6.29. The van der Waals surface area contributed by atoms with Crippen LogP contribution in [0.15, 0.2) is 30.3 Å². The maximum atomic E-state index is 11.8. The van der Waals surface area contributed by atoms with E-state index in [0.717, 1.165) is 5.56 Å². The van der Waals surface area contributed by atoms with E-state index in [0.29, 0.717) is 25.9 Å². The van der Waals surface area contributed by atoms with E-state index in [2.05, 4.69) is 0 Å². The molecule has 0 aliphatic carbocycles. The first-order chi connectivity index (χ1) is 8.27. The lowest BCUT2D eigenvalue weighted by Crippen LogP contribution is -2.33. The molecule has 2 N–H and O–H groups in total. The van der Waals surface area contributed by atoms with Gasteiger partial charge in [-0.3, -0.25) is 4.79 Å². The molecule has 1 amide bonds. The molecule has 0 heterocycles. The van der Waals surface area contributed by atoms with Gasteiger partial charge in [0.2, 0.25) is 5.91 Å². The van der Waals surface area contributed by atoms with Gasteiger partial charge in [0.25, 0.3) is 0 Å². The molecule has 94 valence electrons. The van der Waals surface area contributed by atoms with Crippen molar-refractivity contribution >= 4 is 5.91 Å². The molecule has 0 aliphatic heterocycles. The number of hydrogen-bond acceptors (Lipinski definition) is 3. The Morgan fingerprint density at radius 2 is 1.82 bits per heavy atom. The summed E-state index contributed by atoms with van der Waals surface area (Å²) in [6.07, 6.45) is 0.791. The predicted octanol–water partition coefficient (Wildman–Crippen LogP) is 0.780. The first kappa shape index (κ1) is 13.7. The second-order valence-corrected chi connectivity index (χ2v) is 3.85. The van der Waals surface area contributed by atoms with Crippen LogP contribution in [-0.4, -0.2) is 40.8 Å². The van der Waals surface area contributed by atoms with E-state index < -0.39 is 0 Å². The van der Waals surface area contributed by atoms with Crippen molar-refractivity contribution in [2.45, 2.75) is 19.4 Å². The third-order valence-corrected chi connectivity index (χ3v) is 2.49. The molecule has 0 saturated heterocycles. The van der Waals surface area contributed by atoms with Crippen LogP contribution in [0.2, 0.25) is 0 Å². The van der Waals surface area contributed by atoms with Crippen molar-refractivity contribution in [3.8, 4) is 0 Å². The minimum Gasteiger partial charge on any atom is -0.396 e. The molecule has 0 radical (unpaired) electrons. The summed E-state index contributed by atoms with van der Waals surface area (Å²) in [7, 11) is 0. The number of carbonyl (C=O) groups excluding carboxylic acids is 1. The normalized spacial score (nSPS) is 10.2. The van der Waals surface area contributed by atoms with Crippen molar-refractivity contribution in [2.24, 2.45) is 0 Å². The summed E-state index contributed by atoms with van der Waals surface area (Å²) in [6, 6.07) is 9.66. The Balaban J connectivity index is 2.56. The van der Waals surface area contributed by atoms with Crippen LogP contribution in [0, 0.1) is 0 Å². The third-order valence-electron chi connectivity index (χ3n) is 2.49. The van der Waals surface area contributed by atoms with Crippen LogP contribution in [0.3, 0.4) is 0 Å². The number of aliphatic hydroxyl groups excluding tert-OH is 2. The summed E-state index contributed by atoms with van der Waals surface area (Å²) in [5.74, 6) is -0.0306. The standard InChI is InChI=1S/C13H19NO3/c15-9-4-7-13(17)14(8-10-16)11-12-5-2-1-3-6-12/h1-3,5-6,15-16H,4,7-11H2. The van der Waals surface area contributed by atoms with Gasteiger partial charge in [0, 0.05) is 26.1 Å². The molecule has 1 rings (SSSR count). The number of benzene rings is 1. The van der Waals surface area contributed by atoms with E-state index in [-0.39, 0.29) is 19.1 Å². The van der Waals surface area contributed by atoms with Gasteiger partial charge in [-0.2, -0.15) is 0 Å². The average molecular weight is 237 g/mol. The lowest BCUT2D eigenvalue weighted by atomic mass is 10.2. The Labute approximate surface area is 101 Å². The molecule has 4 heteroatoms. The van der Waals surface area contributed by atoms with Gasteiger partial charge in [0.15, 0.2) is 0 Å². The Morgan fingerprint density at radius 3 is 2.41 bits per heavy atom. The van der Waals surface area contributed by atoms with Crippen molar-refractivity contribution in [1.29, 1.82) is 0 Å². The van der Waals surface area contributed by atoms with Crippen LogP contribution in [-0.2, 0) is 11.3 Å². The van der Waals surface area contributed by atoms with Gasteiger partial charge in [0.1, 0.15) is 0 Å². The lowest BCUT2D eigenvalue weighted by molar-refractivity contribution is -0.132. The molecule has 1 aromatic rings. The second-order valence-electron chi connectivity index (χ2n) is 3.85. The summed E-state index contributed by atoms with van der Waals surface area (Å²) in [4.78, 5) is 13.4. The second kappa shape index (κ2) is 7.81. The summed E-state index contributed by atoms with van der Waals surface area (Å²) in [5, 5.41) is 17.6. The maximum absolute atomic E-state index is 11.8.